The second-order valence-corrected chi connectivity index (χ2v) is 6.96. The van der Waals surface area contributed by atoms with Crippen LogP contribution in [0.2, 0.25) is 0 Å². The number of aliphatic hydroxyl groups excluding tert-OH is 1. The fraction of sp³-hybridized carbons (Fsp3) is 0.500. The summed E-state index contributed by atoms with van der Waals surface area (Å²) in [5, 5.41) is 10.1. The van der Waals surface area contributed by atoms with Crippen LogP contribution < -0.4 is 4.74 Å². The highest BCUT2D eigenvalue weighted by Gasteiger charge is 2.43. The summed E-state index contributed by atoms with van der Waals surface area (Å²) in [7, 11) is 3.91. The number of fused-ring (bicyclic) bond motifs is 2. The molecule has 0 saturated carbocycles. The molecule has 1 aromatic rings. The maximum atomic E-state index is 10.1. The van der Waals surface area contributed by atoms with E-state index in [0.29, 0.717) is 0 Å². The molecule has 1 N–H and O–H groups in total. The second-order valence-electron chi connectivity index (χ2n) is 6.96. The predicted octanol–water partition coefficient (Wildman–Crippen LogP) is 3.20. The Morgan fingerprint density at radius 3 is 2.91 bits per heavy atom. The van der Waals surface area contributed by atoms with E-state index in [-0.39, 0.29) is 17.4 Å². The molecule has 124 valence electrons. The molecule has 0 fully saturated rings. The van der Waals surface area contributed by atoms with E-state index < -0.39 is 0 Å². The smallest absolute Gasteiger partial charge is 0.122 e. The fourth-order valence-electron chi connectivity index (χ4n) is 4.42. The van der Waals surface area contributed by atoms with Gasteiger partial charge < -0.3 is 14.7 Å². The molecular formula is C20H27NO2. The summed E-state index contributed by atoms with van der Waals surface area (Å²) < 4.78 is 5.59. The van der Waals surface area contributed by atoms with Crippen molar-refractivity contribution in [3.05, 3.63) is 53.6 Å². The lowest BCUT2D eigenvalue weighted by molar-refractivity contribution is 0.157. The Bertz CT molecular complexity index is 637. The van der Waals surface area contributed by atoms with Crippen molar-refractivity contribution in [3.63, 3.8) is 0 Å². The summed E-state index contributed by atoms with van der Waals surface area (Å²) in [6, 6.07) is 4.27. The topological polar surface area (TPSA) is 32.7 Å². The van der Waals surface area contributed by atoms with E-state index in [1.165, 1.54) is 16.7 Å². The molecule has 1 spiro atoms. The Labute approximate surface area is 139 Å². The van der Waals surface area contributed by atoms with Crippen molar-refractivity contribution in [1.82, 2.24) is 4.90 Å². The zero-order valence-electron chi connectivity index (χ0n) is 14.4. The molecule has 0 radical (unpaired) electrons. The highest BCUT2D eigenvalue weighted by Crippen LogP contribution is 2.49. The van der Waals surface area contributed by atoms with Crippen LogP contribution in [0, 0.1) is 12.8 Å². The number of aliphatic hydroxyl groups is 1. The van der Waals surface area contributed by atoms with Crippen molar-refractivity contribution in [2.24, 2.45) is 5.92 Å². The van der Waals surface area contributed by atoms with Gasteiger partial charge in [0.15, 0.2) is 0 Å². The SMILES string of the molecule is C=C[C@H]1C[C@@H](O)C=C[C@]12CCN(C)Cc1ccc(OC)c(C)c12. The molecule has 0 unspecified atom stereocenters. The lowest BCUT2D eigenvalue weighted by Crippen LogP contribution is -2.39. The molecule has 1 heterocycles. The van der Waals surface area contributed by atoms with Crippen molar-refractivity contribution >= 4 is 0 Å². The van der Waals surface area contributed by atoms with E-state index in [0.717, 1.165) is 31.7 Å². The van der Waals surface area contributed by atoms with E-state index in [2.05, 4.69) is 43.7 Å². The average Bonchev–Trinajstić information content (AvgIpc) is 2.68. The maximum Gasteiger partial charge on any atom is 0.122 e. The first-order chi connectivity index (χ1) is 11.0. The van der Waals surface area contributed by atoms with E-state index in [4.69, 9.17) is 4.74 Å². The molecule has 23 heavy (non-hydrogen) atoms. The highest BCUT2D eigenvalue weighted by molar-refractivity contribution is 5.52. The first kappa shape index (κ1) is 16.3. The van der Waals surface area contributed by atoms with Gasteiger partial charge in [0.05, 0.1) is 13.2 Å². The van der Waals surface area contributed by atoms with Crippen LogP contribution in [0.3, 0.4) is 0 Å². The van der Waals surface area contributed by atoms with Gasteiger partial charge in [0.1, 0.15) is 5.75 Å². The van der Waals surface area contributed by atoms with Gasteiger partial charge in [-0.1, -0.05) is 24.3 Å². The Morgan fingerprint density at radius 2 is 2.22 bits per heavy atom. The number of methoxy groups -OCH3 is 1. The standard InChI is InChI=1S/C20H27NO2/c1-5-16-12-17(22)8-9-20(16)10-11-21(3)13-15-6-7-18(23-4)14(2)19(15)20/h5-9,16-17,22H,1,10-13H2,2-4H3/t16-,17-,20-/m0/s1. The first-order valence-electron chi connectivity index (χ1n) is 8.37. The van der Waals surface area contributed by atoms with E-state index >= 15 is 0 Å². The molecule has 3 nitrogen and oxygen atoms in total. The minimum atomic E-state index is -0.376. The molecule has 1 aliphatic carbocycles. The summed E-state index contributed by atoms with van der Waals surface area (Å²) in [5.74, 6) is 1.17. The summed E-state index contributed by atoms with van der Waals surface area (Å²) >= 11 is 0. The van der Waals surface area contributed by atoms with E-state index in [9.17, 15) is 5.11 Å². The number of nitrogens with zero attached hydrogens (tertiary/aromatic N) is 1. The Morgan fingerprint density at radius 1 is 1.43 bits per heavy atom. The maximum absolute atomic E-state index is 10.1. The van der Waals surface area contributed by atoms with Crippen LogP contribution in [0.5, 0.6) is 5.75 Å². The van der Waals surface area contributed by atoms with Crippen LogP contribution in [-0.4, -0.2) is 36.8 Å². The lowest BCUT2D eigenvalue weighted by atomic mass is 9.62. The molecule has 1 aromatic carbocycles. The second kappa shape index (κ2) is 6.14. The molecular weight excluding hydrogens is 286 g/mol. The molecule has 3 rings (SSSR count). The third kappa shape index (κ3) is 2.62. The van der Waals surface area contributed by atoms with Gasteiger partial charge >= 0.3 is 0 Å². The van der Waals surface area contributed by atoms with Gasteiger partial charge in [0, 0.05) is 12.0 Å². The van der Waals surface area contributed by atoms with Crippen molar-refractivity contribution in [3.8, 4) is 5.75 Å². The fourth-order valence-corrected chi connectivity index (χ4v) is 4.42. The number of rotatable bonds is 2. The largest absolute Gasteiger partial charge is 0.496 e. The van der Waals surface area contributed by atoms with Crippen LogP contribution in [0.4, 0.5) is 0 Å². The zero-order valence-corrected chi connectivity index (χ0v) is 14.4. The van der Waals surface area contributed by atoms with Gasteiger partial charge in [-0.2, -0.15) is 0 Å². The predicted molar refractivity (Wildman–Crippen MR) is 93.8 cm³/mol. The first-order valence-corrected chi connectivity index (χ1v) is 8.37. The molecule has 1 aliphatic heterocycles. The average molecular weight is 313 g/mol. The molecule has 0 amide bonds. The molecule has 3 atom stereocenters. The monoisotopic (exact) mass is 313 g/mol. The summed E-state index contributed by atoms with van der Waals surface area (Å²) in [5.41, 5.74) is 3.85. The molecule has 0 bridgehead atoms. The van der Waals surface area contributed by atoms with Crippen LogP contribution >= 0.6 is 0 Å². The Kier molecular flexibility index (Phi) is 4.35. The normalized spacial score (nSPS) is 30.8. The quantitative estimate of drug-likeness (QED) is 0.851. The number of ether oxygens (including phenoxy) is 1. The van der Waals surface area contributed by atoms with Crippen LogP contribution in [-0.2, 0) is 12.0 Å². The van der Waals surface area contributed by atoms with Crippen LogP contribution in [0.1, 0.15) is 29.5 Å². The van der Waals surface area contributed by atoms with Gasteiger partial charge in [-0.3, -0.25) is 0 Å². The third-order valence-electron chi connectivity index (χ3n) is 5.59. The van der Waals surface area contributed by atoms with Crippen molar-refractivity contribution in [1.29, 1.82) is 0 Å². The van der Waals surface area contributed by atoms with Gasteiger partial charge in [-0.15, -0.1) is 6.58 Å². The van der Waals surface area contributed by atoms with Gasteiger partial charge in [0.2, 0.25) is 0 Å². The summed E-state index contributed by atoms with van der Waals surface area (Å²) in [6.45, 7) is 8.21. The van der Waals surface area contributed by atoms with Gasteiger partial charge in [-0.25, -0.2) is 0 Å². The Balaban J connectivity index is 2.26. The zero-order chi connectivity index (χ0) is 16.6. The van der Waals surface area contributed by atoms with Gasteiger partial charge in [0.25, 0.3) is 0 Å². The summed E-state index contributed by atoms with van der Waals surface area (Å²) in [6.07, 6.45) is 7.62. The van der Waals surface area contributed by atoms with E-state index in [1.807, 2.05) is 12.2 Å². The van der Waals surface area contributed by atoms with Crippen molar-refractivity contribution in [2.75, 3.05) is 20.7 Å². The summed E-state index contributed by atoms with van der Waals surface area (Å²) in [4.78, 5) is 2.37. The molecule has 3 heteroatoms. The number of allylic oxidation sites excluding steroid dienone is 2. The van der Waals surface area contributed by atoms with Crippen molar-refractivity contribution in [2.45, 2.75) is 37.8 Å². The molecule has 0 aromatic heterocycles. The number of hydrogen-bond donors (Lipinski definition) is 1. The highest BCUT2D eigenvalue weighted by atomic mass is 16.5. The minimum absolute atomic E-state index is 0.0975. The van der Waals surface area contributed by atoms with Gasteiger partial charge in [-0.05, 0) is 62.0 Å². The molecule has 0 saturated heterocycles. The number of hydrogen-bond acceptors (Lipinski definition) is 3. The Hall–Kier alpha value is -1.58. The minimum Gasteiger partial charge on any atom is -0.496 e. The van der Waals surface area contributed by atoms with Crippen LogP contribution in [0.25, 0.3) is 0 Å². The molecule has 2 aliphatic rings. The van der Waals surface area contributed by atoms with E-state index in [1.54, 1.807) is 7.11 Å². The lowest BCUT2D eigenvalue weighted by Gasteiger charge is -2.42. The number of benzene rings is 1. The van der Waals surface area contributed by atoms with Crippen molar-refractivity contribution < 1.29 is 9.84 Å². The third-order valence-corrected chi connectivity index (χ3v) is 5.59. The van der Waals surface area contributed by atoms with Crippen LogP contribution in [0.15, 0.2) is 36.9 Å².